The van der Waals surface area contributed by atoms with Gasteiger partial charge in [0.25, 0.3) is 6.43 Å². The molecule has 1 aliphatic heterocycles. The monoisotopic (exact) mass is 223 g/mol. The van der Waals surface area contributed by atoms with Gasteiger partial charge in [-0.3, -0.25) is 0 Å². The predicted molar refractivity (Wildman–Crippen MR) is 43.7 cm³/mol. The number of halogens is 3. The maximum absolute atomic E-state index is 12.1. The molecule has 0 fully saturated rings. The minimum Gasteiger partial charge on any atom is -0.368 e. The normalized spacial score (nSPS) is 18.5. The number of alkyl halides is 2. The molecule has 4 heteroatoms. The van der Waals surface area contributed by atoms with Crippen molar-refractivity contribution in [3.05, 3.63) is 22.3 Å². The zero-order valence-electron chi connectivity index (χ0n) is 6.02. The van der Waals surface area contributed by atoms with E-state index >= 15 is 0 Å². The van der Waals surface area contributed by atoms with Gasteiger partial charge in [0.2, 0.25) is 0 Å². The highest BCUT2D eigenvalue weighted by molar-refractivity contribution is 9.11. The SMILES string of the molecule is CN1CC(Br)=CC=C1C(F)F. The van der Waals surface area contributed by atoms with E-state index < -0.39 is 6.43 Å². The fraction of sp³-hybridized carbons (Fsp3) is 0.429. The molecule has 11 heavy (non-hydrogen) atoms. The number of hydrogen-bond donors (Lipinski definition) is 0. The molecule has 0 saturated carbocycles. The summed E-state index contributed by atoms with van der Waals surface area (Å²) in [5, 5.41) is 0. The van der Waals surface area contributed by atoms with Crippen molar-refractivity contribution in [1.29, 1.82) is 0 Å². The van der Waals surface area contributed by atoms with Gasteiger partial charge in [-0.15, -0.1) is 0 Å². The maximum Gasteiger partial charge on any atom is 0.278 e. The summed E-state index contributed by atoms with van der Waals surface area (Å²) < 4.78 is 25.2. The average molecular weight is 224 g/mol. The van der Waals surface area contributed by atoms with Gasteiger partial charge in [-0.05, 0) is 12.2 Å². The Labute approximate surface area is 72.5 Å². The molecule has 0 aliphatic carbocycles. The maximum atomic E-state index is 12.1. The Morgan fingerprint density at radius 3 is 2.64 bits per heavy atom. The van der Waals surface area contributed by atoms with Crippen LogP contribution in [-0.2, 0) is 0 Å². The third-order valence-electron chi connectivity index (χ3n) is 1.49. The third-order valence-corrected chi connectivity index (χ3v) is 2.00. The largest absolute Gasteiger partial charge is 0.368 e. The van der Waals surface area contributed by atoms with E-state index in [9.17, 15) is 8.78 Å². The van der Waals surface area contributed by atoms with Crippen LogP contribution in [0.1, 0.15) is 0 Å². The highest BCUT2D eigenvalue weighted by Gasteiger charge is 2.17. The van der Waals surface area contributed by atoms with Crippen LogP contribution in [0, 0.1) is 0 Å². The minimum absolute atomic E-state index is 0.0770. The van der Waals surface area contributed by atoms with Crippen LogP contribution in [-0.4, -0.2) is 24.9 Å². The first-order chi connectivity index (χ1) is 5.11. The summed E-state index contributed by atoms with van der Waals surface area (Å²) in [7, 11) is 1.65. The van der Waals surface area contributed by atoms with Gasteiger partial charge < -0.3 is 4.90 Å². The van der Waals surface area contributed by atoms with Gasteiger partial charge in [-0.1, -0.05) is 15.9 Å². The van der Waals surface area contributed by atoms with Crippen molar-refractivity contribution >= 4 is 15.9 Å². The first-order valence-electron chi connectivity index (χ1n) is 3.17. The Kier molecular flexibility index (Phi) is 2.65. The molecule has 0 aromatic carbocycles. The van der Waals surface area contributed by atoms with E-state index in [1.807, 2.05) is 0 Å². The predicted octanol–water partition coefficient (Wildman–Crippen LogP) is 2.36. The third kappa shape index (κ3) is 2.02. The van der Waals surface area contributed by atoms with Gasteiger partial charge >= 0.3 is 0 Å². The molecule has 0 atom stereocenters. The first kappa shape index (κ1) is 8.71. The van der Waals surface area contributed by atoms with E-state index in [4.69, 9.17) is 0 Å². The summed E-state index contributed by atoms with van der Waals surface area (Å²) in [4.78, 5) is 1.52. The first-order valence-corrected chi connectivity index (χ1v) is 3.96. The van der Waals surface area contributed by atoms with Gasteiger partial charge in [0.15, 0.2) is 0 Å². The Balaban J connectivity index is 2.78. The van der Waals surface area contributed by atoms with E-state index in [1.54, 1.807) is 13.1 Å². The fourth-order valence-corrected chi connectivity index (χ4v) is 1.42. The molecule has 1 rings (SSSR count). The number of rotatable bonds is 1. The van der Waals surface area contributed by atoms with Crippen LogP contribution >= 0.6 is 15.9 Å². The Bertz CT molecular complexity index is 210. The summed E-state index contributed by atoms with van der Waals surface area (Å²) in [6.07, 6.45) is 0.705. The summed E-state index contributed by atoms with van der Waals surface area (Å²) in [5.41, 5.74) is 0.0770. The standard InChI is InChI=1S/C7H8BrF2N/c1-11-4-5(8)2-3-6(11)7(9)10/h2-3,7H,4H2,1H3. The van der Waals surface area contributed by atoms with Crippen molar-refractivity contribution in [2.75, 3.05) is 13.6 Å². The number of allylic oxidation sites excluding steroid dienone is 3. The molecule has 0 radical (unpaired) electrons. The lowest BCUT2D eigenvalue weighted by Crippen LogP contribution is -2.25. The van der Waals surface area contributed by atoms with Crippen molar-refractivity contribution in [1.82, 2.24) is 4.90 Å². The summed E-state index contributed by atoms with van der Waals surface area (Å²) in [6, 6.07) is 0. The molecule has 1 aliphatic rings. The van der Waals surface area contributed by atoms with Crippen LogP contribution in [0.2, 0.25) is 0 Å². The number of likely N-dealkylation sites (N-methyl/N-ethyl adjacent to an activating group) is 1. The molecule has 0 bridgehead atoms. The quantitative estimate of drug-likeness (QED) is 0.660. The molecule has 0 unspecified atom stereocenters. The van der Waals surface area contributed by atoms with E-state index in [2.05, 4.69) is 15.9 Å². The number of nitrogens with zero attached hydrogens (tertiary/aromatic N) is 1. The van der Waals surface area contributed by atoms with E-state index in [1.165, 1.54) is 11.0 Å². The molecule has 0 amide bonds. The van der Waals surface area contributed by atoms with Crippen molar-refractivity contribution in [2.45, 2.75) is 6.43 Å². The van der Waals surface area contributed by atoms with Gasteiger partial charge in [0.05, 0.1) is 5.70 Å². The molecule has 1 heterocycles. The summed E-state index contributed by atoms with van der Waals surface area (Å²) in [5.74, 6) is 0. The van der Waals surface area contributed by atoms with Crippen molar-refractivity contribution in [2.24, 2.45) is 0 Å². The van der Waals surface area contributed by atoms with E-state index in [0.29, 0.717) is 6.54 Å². The second kappa shape index (κ2) is 3.34. The zero-order chi connectivity index (χ0) is 8.43. The smallest absolute Gasteiger partial charge is 0.278 e. The Morgan fingerprint density at radius 2 is 2.18 bits per heavy atom. The lowest BCUT2D eigenvalue weighted by Gasteiger charge is -2.24. The van der Waals surface area contributed by atoms with Crippen molar-refractivity contribution in [3.8, 4) is 0 Å². The molecule has 0 aromatic rings. The average Bonchev–Trinajstić information content (AvgIpc) is 1.85. The van der Waals surface area contributed by atoms with Crippen molar-refractivity contribution in [3.63, 3.8) is 0 Å². The molecular formula is C7H8BrF2N. The Hall–Kier alpha value is -0.380. The van der Waals surface area contributed by atoms with Gasteiger partial charge in [0, 0.05) is 18.1 Å². The fourth-order valence-electron chi connectivity index (χ4n) is 0.913. The van der Waals surface area contributed by atoms with Crippen LogP contribution in [0.4, 0.5) is 8.78 Å². The molecule has 0 aromatic heterocycles. The summed E-state index contributed by atoms with van der Waals surface area (Å²) >= 11 is 3.24. The van der Waals surface area contributed by atoms with Gasteiger partial charge in [0.1, 0.15) is 0 Å². The van der Waals surface area contributed by atoms with Crippen molar-refractivity contribution < 1.29 is 8.78 Å². The second-order valence-electron chi connectivity index (χ2n) is 2.36. The van der Waals surface area contributed by atoms with Crippen LogP contribution in [0.25, 0.3) is 0 Å². The van der Waals surface area contributed by atoms with Crippen LogP contribution in [0.3, 0.4) is 0 Å². The van der Waals surface area contributed by atoms with Crippen LogP contribution in [0.15, 0.2) is 22.3 Å². The van der Waals surface area contributed by atoms with E-state index in [0.717, 1.165) is 4.48 Å². The minimum atomic E-state index is -2.38. The number of hydrogen-bond acceptors (Lipinski definition) is 1. The Morgan fingerprint density at radius 1 is 1.55 bits per heavy atom. The highest BCUT2D eigenvalue weighted by atomic mass is 79.9. The van der Waals surface area contributed by atoms with Gasteiger partial charge in [-0.25, -0.2) is 8.78 Å². The molecule has 1 nitrogen and oxygen atoms in total. The molecule has 0 saturated heterocycles. The second-order valence-corrected chi connectivity index (χ2v) is 3.38. The molecular weight excluding hydrogens is 216 g/mol. The molecule has 0 spiro atoms. The van der Waals surface area contributed by atoms with E-state index in [-0.39, 0.29) is 5.70 Å². The van der Waals surface area contributed by atoms with Crippen LogP contribution in [0.5, 0.6) is 0 Å². The molecule has 0 N–H and O–H groups in total. The summed E-state index contributed by atoms with van der Waals surface area (Å²) in [6.45, 7) is 0.524. The molecule has 62 valence electrons. The topological polar surface area (TPSA) is 3.24 Å². The lowest BCUT2D eigenvalue weighted by atomic mass is 10.2. The highest BCUT2D eigenvalue weighted by Crippen LogP contribution is 2.21. The zero-order valence-corrected chi connectivity index (χ0v) is 7.61. The lowest BCUT2D eigenvalue weighted by molar-refractivity contribution is 0.151. The van der Waals surface area contributed by atoms with Crippen LogP contribution < -0.4 is 0 Å². The van der Waals surface area contributed by atoms with Gasteiger partial charge in [-0.2, -0.15) is 0 Å².